The molecule has 1 fully saturated rings. The summed E-state index contributed by atoms with van der Waals surface area (Å²) in [6.45, 7) is 10.0. The van der Waals surface area contributed by atoms with Crippen LogP contribution >= 0.6 is 0 Å². The molecule has 0 spiro atoms. The van der Waals surface area contributed by atoms with E-state index >= 15 is 0 Å². The molecule has 2 unspecified atom stereocenters. The molecule has 2 atom stereocenters. The molecule has 2 nitrogen and oxygen atoms in total. The number of rotatable bonds is 12. The number of nitrogens with zero attached hydrogens (tertiary/aromatic N) is 1. The minimum Gasteiger partial charge on any atom is -0.373 e. The van der Waals surface area contributed by atoms with E-state index in [1.54, 1.807) is 0 Å². The molecule has 1 aliphatic rings. The molecule has 0 aromatic heterocycles. The molecule has 0 bridgehead atoms. The van der Waals surface area contributed by atoms with Gasteiger partial charge in [0, 0.05) is 13.1 Å². The average molecular weight is 360 g/mol. The molecule has 148 valence electrons. The third kappa shape index (κ3) is 8.68. The van der Waals surface area contributed by atoms with Crippen molar-refractivity contribution in [3.63, 3.8) is 0 Å². The number of benzene rings is 1. The molecule has 1 saturated heterocycles. The molecule has 1 aromatic rings. The second-order valence-corrected chi connectivity index (χ2v) is 8.31. The second kappa shape index (κ2) is 12.5. The van der Waals surface area contributed by atoms with Gasteiger partial charge in [-0.15, -0.1) is 0 Å². The van der Waals surface area contributed by atoms with Crippen LogP contribution in [0.3, 0.4) is 0 Å². The fraction of sp³-hybridized carbons (Fsp3) is 0.750. The maximum atomic E-state index is 5.82. The van der Waals surface area contributed by atoms with Crippen LogP contribution < -0.4 is 0 Å². The van der Waals surface area contributed by atoms with Gasteiger partial charge in [0.2, 0.25) is 0 Å². The van der Waals surface area contributed by atoms with Crippen LogP contribution in [0.1, 0.15) is 83.3 Å². The molecule has 0 radical (unpaired) electrons. The van der Waals surface area contributed by atoms with Gasteiger partial charge in [-0.25, -0.2) is 0 Å². The van der Waals surface area contributed by atoms with Crippen molar-refractivity contribution < 1.29 is 4.74 Å². The lowest BCUT2D eigenvalue weighted by molar-refractivity contribution is -0.0680. The van der Waals surface area contributed by atoms with Crippen molar-refractivity contribution in [1.82, 2.24) is 4.90 Å². The van der Waals surface area contributed by atoms with Crippen molar-refractivity contribution in [2.24, 2.45) is 0 Å². The van der Waals surface area contributed by atoms with E-state index in [-0.39, 0.29) is 0 Å². The zero-order chi connectivity index (χ0) is 18.6. The summed E-state index contributed by atoms with van der Waals surface area (Å²) in [6, 6.07) is 9.40. The van der Waals surface area contributed by atoms with Crippen LogP contribution in [0, 0.1) is 0 Å². The highest BCUT2D eigenvalue weighted by atomic mass is 16.5. The quantitative estimate of drug-likeness (QED) is 0.423. The minimum absolute atomic E-state index is 0.379. The summed E-state index contributed by atoms with van der Waals surface area (Å²) >= 11 is 0. The summed E-state index contributed by atoms with van der Waals surface area (Å²) in [7, 11) is 0. The Hall–Kier alpha value is -0.860. The summed E-state index contributed by atoms with van der Waals surface area (Å²) in [6.07, 6.45) is 14.2. The summed E-state index contributed by atoms with van der Waals surface area (Å²) in [4.78, 5) is 2.56. The number of hydrogen-bond donors (Lipinski definition) is 0. The third-order valence-corrected chi connectivity index (χ3v) is 5.53. The lowest BCUT2D eigenvalue weighted by Crippen LogP contribution is -2.45. The maximum absolute atomic E-state index is 5.82. The first-order valence-electron chi connectivity index (χ1n) is 11.1. The first-order valence-corrected chi connectivity index (χ1v) is 11.1. The third-order valence-electron chi connectivity index (χ3n) is 5.53. The lowest BCUT2D eigenvalue weighted by Gasteiger charge is -2.35. The molecule has 1 heterocycles. The number of aryl methyl sites for hydroxylation is 2. The van der Waals surface area contributed by atoms with Crippen LogP contribution in [0.5, 0.6) is 0 Å². The summed E-state index contributed by atoms with van der Waals surface area (Å²) in [5.74, 6) is 0. The Morgan fingerprint density at radius 1 is 0.769 bits per heavy atom. The maximum Gasteiger partial charge on any atom is 0.0678 e. The minimum atomic E-state index is 0.379. The predicted molar refractivity (Wildman–Crippen MR) is 113 cm³/mol. The molecule has 1 aliphatic heterocycles. The van der Waals surface area contributed by atoms with Crippen molar-refractivity contribution >= 4 is 0 Å². The van der Waals surface area contributed by atoms with Gasteiger partial charge in [-0.1, -0.05) is 69.7 Å². The highest BCUT2D eigenvalue weighted by Crippen LogP contribution is 2.14. The molecule has 0 amide bonds. The predicted octanol–water partition coefficient (Wildman–Crippen LogP) is 6.02. The van der Waals surface area contributed by atoms with E-state index in [9.17, 15) is 0 Å². The van der Waals surface area contributed by atoms with Crippen molar-refractivity contribution in [3.05, 3.63) is 35.4 Å². The smallest absolute Gasteiger partial charge is 0.0678 e. The van der Waals surface area contributed by atoms with E-state index in [0.29, 0.717) is 12.2 Å². The van der Waals surface area contributed by atoms with Crippen LogP contribution in [0.2, 0.25) is 0 Å². The first kappa shape index (κ1) is 21.4. The van der Waals surface area contributed by atoms with Gasteiger partial charge < -0.3 is 4.74 Å². The van der Waals surface area contributed by atoms with Crippen LogP contribution in [-0.2, 0) is 17.6 Å². The van der Waals surface area contributed by atoms with Gasteiger partial charge in [0.15, 0.2) is 0 Å². The van der Waals surface area contributed by atoms with Crippen molar-refractivity contribution in [3.8, 4) is 0 Å². The molecular weight excluding hydrogens is 318 g/mol. The Balaban J connectivity index is 1.57. The zero-order valence-corrected chi connectivity index (χ0v) is 17.5. The molecule has 0 saturated carbocycles. The summed E-state index contributed by atoms with van der Waals surface area (Å²) in [5, 5.41) is 0. The molecule has 0 N–H and O–H groups in total. The van der Waals surface area contributed by atoms with Gasteiger partial charge in [-0.2, -0.15) is 0 Å². The van der Waals surface area contributed by atoms with Crippen LogP contribution in [-0.4, -0.2) is 36.7 Å². The van der Waals surface area contributed by atoms with E-state index in [2.05, 4.69) is 49.9 Å². The Kier molecular flexibility index (Phi) is 10.3. The number of morpholine rings is 1. The van der Waals surface area contributed by atoms with Gasteiger partial charge >= 0.3 is 0 Å². The van der Waals surface area contributed by atoms with Crippen molar-refractivity contribution in [2.45, 2.75) is 97.2 Å². The van der Waals surface area contributed by atoms with E-state index in [1.807, 2.05) is 0 Å². The zero-order valence-electron chi connectivity index (χ0n) is 17.5. The first-order chi connectivity index (χ1) is 12.7. The standard InChI is InChI=1S/C24H41NO/c1-4-5-6-7-8-9-10-12-23-14-16-24(17-15-23)13-11-18-25-19-21(2)26-22(3)20-25/h14-17,21-22H,4-13,18-20H2,1-3H3. The van der Waals surface area contributed by atoms with Gasteiger partial charge in [0.1, 0.15) is 0 Å². The Morgan fingerprint density at radius 3 is 1.85 bits per heavy atom. The fourth-order valence-electron chi connectivity index (χ4n) is 4.13. The second-order valence-electron chi connectivity index (χ2n) is 8.31. The molecule has 0 aliphatic carbocycles. The average Bonchev–Trinajstić information content (AvgIpc) is 2.61. The lowest BCUT2D eigenvalue weighted by atomic mass is 10.0. The Labute approximate surface area is 162 Å². The molecule has 26 heavy (non-hydrogen) atoms. The molecular formula is C24H41NO. The van der Waals surface area contributed by atoms with Crippen molar-refractivity contribution in [2.75, 3.05) is 19.6 Å². The molecule has 1 aromatic carbocycles. The Bertz CT molecular complexity index is 460. The van der Waals surface area contributed by atoms with Crippen LogP contribution in [0.4, 0.5) is 0 Å². The van der Waals surface area contributed by atoms with E-state index in [1.165, 1.54) is 81.9 Å². The van der Waals surface area contributed by atoms with E-state index < -0.39 is 0 Å². The van der Waals surface area contributed by atoms with Crippen LogP contribution in [0.15, 0.2) is 24.3 Å². The summed E-state index contributed by atoms with van der Waals surface area (Å²) in [5.41, 5.74) is 3.00. The molecule has 2 rings (SSSR count). The van der Waals surface area contributed by atoms with E-state index in [0.717, 1.165) is 13.1 Å². The molecule has 2 heteroatoms. The van der Waals surface area contributed by atoms with Crippen molar-refractivity contribution in [1.29, 1.82) is 0 Å². The largest absolute Gasteiger partial charge is 0.373 e. The van der Waals surface area contributed by atoms with Crippen LogP contribution in [0.25, 0.3) is 0 Å². The Morgan fingerprint density at radius 2 is 1.27 bits per heavy atom. The highest BCUT2D eigenvalue weighted by Gasteiger charge is 2.21. The van der Waals surface area contributed by atoms with Gasteiger partial charge in [-0.3, -0.25) is 4.90 Å². The number of ether oxygens (including phenoxy) is 1. The summed E-state index contributed by atoms with van der Waals surface area (Å²) < 4.78 is 5.82. The SMILES string of the molecule is CCCCCCCCCc1ccc(CCCN2CC(C)OC(C)C2)cc1. The monoisotopic (exact) mass is 359 g/mol. The van der Waals surface area contributed by atoms with Gasteiger partial charge in [-0.05, 0) is 57.2 Å². The van der Waals surface area contributed by atoms with Gasteiger partial charge in [0.25, 0.3) is 0 Å². The number of unbranched alkanes of at least 4 members (excludes halogenated alkanes) is 6. The highest BCUT2D eigenvalue weighted by molar-refractivity contribution is 5.22. The number of hydrogen-bond acceptors (Lipinski definition) is 2. The van der Waals surface area contributed by atoms with Gasteiger partial charge in [0.05, 0.1) is 12.2 Å². The fourth-order valence-corrected chi connectivity index (χ4v) is 4.13. The normalized spacial score (nSPS) is 21.2. The van der Waals surface area contributed by atoms with E-state index in [4.69, 9.17) is 4.74 Å². The topological polar surface area (TPSA) is 12.5 Å².